The summed E-state index contributed by atoms with van der Waals surface area (Å²) in [5.74, 6) is 1.34. The number of anilines is 1. The van der Waals surface area contributed by atoms with Crippen LogP contribution < -0.4 is 10.6 Å². The molecule has 0 atom stereocenters. The van der Waals surface area contributed by atoms with Crippen LogP contribution in [-0.2, 0) is 5.75 Å². The van der Waals surface area contributed by atoms with Crippen LogP contribution in [-0.4, -0.2) is 17.4 Å². The molecule has 2 nitrogen and oxygen atoms in total. The van der Waals surface area contributed by atoms with E-state index in [1.54, 1.807) is 17.8 Å². The van der Waals surface area contributed by atoms with Crippen molar-refractivity contribution in [1.29, 1.82) is 0 Å². The Morgan fingerprint density at radius 2 is 2.04 bits per heavy atom. The van der Waals surface area contributed by atoms with E-state index in [0.29, 0.717) is 22.4 Å². The monoisotopic (exact) mass is 368 g/mol. The topological polar surface area (TPSA) is 24.1 Å². The summed E-state index contributed by atoms with van der Waals surface area (Å²) < 4.78 is 13.5. The van der Waals surface area contributed by atoms with Crippen molar-refractivity contribution in [1.82, 2.24) is 5.32 Å². The smallest absolute Gasteiger partial charge is 0.170 e. The zero-order chi connectivity index (χ0) is 16.7. The van der Waals surface area contributed by atoms with E-state index in [9.17, 15) is 4.39 Å². The maximum Gasteiger partial charge on any atom is 0.170 e. The minimum atomic E-state index is -0.151. The van der Waals surface area contributed by atoms with E-state index in [0.717, 1.165) is 22.6 Å². The Labute approximate surface area is 150 Å². The fourth-order valence-corrected chi connectivity index (χ4v) is 3.13. The van der Waals surface area contributed by atoms with Crippen LogP contribution in [0.1, 0.15) is 11.1 Å². The molecule has 122 valence electrons. The molecule has 0 radical (unpaired) electrons. The highest BCUT2D eigenvalue weighted by Crippen LogP contribution is 2.20. The van der Waals surface area contributed by atoms with Crippen molar-refractivity contribution in [2.75, 3.05) is 17.6 Å². The molecule has 0 aliphatic heterocycles. The third kappa shape index (κ3) is 6.01. The minimum absolute atomic E-state index is 0.151. The van der Waals surface area contributed by atoms with Crippen LogP contribution in [0.5, 0.6) is 0 Å². The molecule has 0 heterocycles. The second kappa shape index (κ2) is 9.11. The Kier molecular flexibility index (Phi) is 7.15. The van der Waals surface area contributed by atoms with Crippen molar-refractivity contribution in [3.8, 4) is 0 Å². The van der Waals surface area contributed by atoms with Crippen molar-refractivity contribution < 1.29 is 4.39 Å². The lowest BCUT2D eigenvalue weighted by Gasteiger charge is -2.11. The summed E-state index contributed by atoms with van der Waals surface area (Å²) in [6, 6.07) is 12.6. The normalized spacial score (nSPS) is 10.4. The molecular weight excluding hydrogens is 351 g/mol. The van der Waals surface area contributed by atoms with Gasteiger partial charge in [-0.25, -0.2) is 4.39 Å². The lowest BCUT2D eigenvalue weighted by molar-refractivity contribution is 0.617. The maximum atomic E-state index is 13.5. The molecule has 0 saturated heterocycles. The zero-order valence-electron chi connectivity index (χ0n) is 12.7. The van der Waals surface area contributed by atoms with Gasteiger partial charge in [0.1, 0.15) is 5.82 Å². The fraction of sp³-hybridized carbons (Fsp3) is 0.235. The third-order valence-electron chi connectivity index (χ3n) is 3.18. The molecule has 2 aromatic rings. The molecule has 2 N–H and O–H groups in total. The van der Waals surface area contributed by atoms with Gasteiger partial charge in [0.05, 0.1) is 0 Å². The third-order valence-corrected chi connectivity index (χ3v) is 4.84. The van der Waals surface area contributed by atoms with E-state index in [1.807, 2.05) is 37.3 Å². The average Bonchev–Trinajstić information content (AvgIpc) is 2.52. The summed E-state index contributed by atoms with van der Waals surface area (Å²) >= 11 is 13.0. The molecule has 0 aliphatic carbocycles. The Morgan fingerprint density at radius 3 is 2.78 bits per heavy atom. The number of hydrogen-bond donors (Lipinski definition) is 2. The van der Waals surface area contributed by atoms with E-state index in [-0.39, 0.29) is 5.82 Å². The van der Waals surface area contributed by atoms with Crippen molar-refractivity contribution in [3.63, 3.8) is 0 Å². The first-order valence-corrected chi connectivity index (χ1v) is 9.12. The first kappa shape index (κ1) is 18.0. The summed E-state index contributed by atoms with van der Waals surface area (Å²) in [5, 5.41) is 7.48. The van der Waals surface area contributed by atoms with Crippen molar-refractivity contribution in [3.05, 3.63) is 64.4 Å². The lowest BCUT2D eigenvalue weighted by atomic mass is 10.2. The highest BCUT2D eigenvalue weighted by atomic mass is 35.5. The predicted octanol–water partition coefficient (Wildman–Crippen LogP) is 5.01. The molecule has 2 aromatic carbocycles. The minimum Gasteiger partial charge on any atom is -0.362 e. The van der Waals surface area contributed by atoms with Gasteiger partial charge in [0, 0.05) is 28.8 Å². The second-order valence-corrected chi connectivity index (χ2v) is 6.91. The average molecular weight is 369 g/mol. The highest BCUT2D eigenvalue weighted by Gasteiger charge is 2.02. The van der Waals surface area contributed by atoms with Gasteiger partial charge in [-0.15, -0.1) is 0 Å². The molecule has 2 rings (SSSR count). The standard InChI is InChI=1S/C17H18ClFN2S2/c1-12-6-7-14(10-15(12)18)21-17(22)20-8-9-23-11-13-4-2-3-5-16(13)19/h2-7,10H,8-9,11H2,1H3,(H2,20,21,22). The van der Waals surface area contributed by atoms with Gasteiger partial charge in [-0.2, -0.15) is 11.8 Å². The van der Waals surface area contributed by atoms with E-state index < -0.39 is 0 Å². The number of halogens is 2. The number of thiocarbonyl (C=S) groups is 1. The molecule has 0 fully saturated rings. The maximum absolute atomic E-state index is 13.5. The summed E-state index contributed by atoms with van der Waals surface area (Å²) in [5.41, 5.74) is 2.62. The summed E-state index contributed by atoms with van der Waals surface area (Å²) in [6.07, 6.45) is 0. The van der Waals surface area contributed by atoms with E-state index in [4.69, 9.17) is 23.8 Å². The number of aryl methyl sites for hydroxylation is 1. The molecule has 6 heteroatoms. The van der Waals surface area contributed by atoms with E-state index in [1.165, 1.54) is 6.07 Å². The lowest BCUT2D eigenvalue weighted by Crippen LogP contribution is -2.30. The van der Waals surface area contributed by atoms with Gasteiger partial charge < -0.3 is 10.6 Å². The van der Waals surface area contributed by atoms with Gasteiger partial charge in [0.2, 0.25) is 0 Å². The molecule has 0 unspecified atom stereocenters. The molecule has 23 heavy (non-hydrogen) atoms. The first-order chi connectivity index (χ1) is 11.1. The zero-order valence-corrected chi connectivity index (χ0v) is 15.1. The Balaban J connectivity index is 1.67. The van der Waals surface area contributed by atoms with Crippen LogP contribution in [0.25, 0.3) is 0 Å². The quantitative estimate of drug-likeness (QED) is 0.553. The number of hydrogen-bond acceptors (Lipinski definition) is 2. The molecule has 0 spiro atoms. The van der Waals surface area contributed by atoms with Crippen LogP contribution in [0.2, 0.25) is 5.02 Å². The van der Waals surface area contributed by atoms with Crippen LogP contribution in [0.4, 0.5) is 10.1 Å². The molecule has 0 saturated carbocycles. The fourth-order valence-electron chi connectivity index (χ4n) is 1.88. The van der Waals surface area contributed by atoms with Gasteiger partial charge in [0.25, 0.3) is 0 Å². The van der Waals surface area contributed by atoms with E-state index >= 15 is 0 Å². The Hall–Kier alpha value is -1.30. The van der Waals surface area contributed by atoms with Crippen molar-refractivity contribution in [2.24, 2.45) is 0 Å². The SMILES string of the molecule is Cc1ccc(NC(=S)NCCSCc2ccccc2F)cc1Cl. The number of rotatable bonds is 6. The van der Waals surface area contributed by atoms with E-state index in [2.05, 4.69) is 10.6 Å². The molecule has 0 aromatic heterocycles. The molecular formula is C17H18ClFN2S2. The number of nitrogens with one attached hydrogen (secondary N) is 2. The second-order valence-electron chi connectivity index (χ2n) is 4.99. The van der Waals surface area contributed by atoms with Crippen molar-refractivity contribution in [2.45, 2.75) is 12.7 Å². The van der Waals surface area contributed by atoms with Gasteiger partial charge in [-0.1, -0.05) is 35.9 Å². The van der Waals surface area contributed by atoms with Gasteiger partial charge in [-0.3, -0.25) is 0 Å². The van der Waals surface area contributed by atoms with Crippen LogP contribution in [0.15, 0.2) is 42.5 Å². The summed E-state index contributed by atoms with van der Waals surface area (Å²) in [6.45, 7) is 2.67. The molecule has 0 bridgehead atoms. The van der Waals surface area contributed by atoms with Crippen LogP contribution in [0.3, 0.4) is 0 Å². The van der Waals surface area contributed by atoms with Gasteiger partial charge in [0.15, 0.2) is 5.11 Å². The molecule has 0 amide bonds. The highest BCUT2D eigenvalue weighted by molar-refractivity contribution is 7.98. The number of thioether (sulfide) groups is 1. The van der Waals surface area contributed by atoms with Gasteiger partial charge >= 0.3 is 0 Å². The van der Waals surface area contributed by atoms with Crippen LogP contribution in [0, 0.1) is 12.7 Å². The Bertz CT molecular complexity index is 679. The summed E-state index contributed by atoms with van der Waals surface area (Å²) in [7, 11) is 0. The Morgan fingerprint density at radius 1 is 1.26 bits per heavy atom. The largest absolute Gasteiger partial charge is 0.362 e. The summed E-state index contributed by atoms with van der Waals surface area (Å²) in [4.78, 5) is 0. The van der Waals surface area contributed by atoms with Crippen molar-refractivity contribution >= 4 is 46.4 Å². The molecule has 0 aliphatic rings. The predicted molar refractivity (Wildman–Crippen MR) is 103 cm³/mol. The number of benzene rings is 2. The van der Waals surface area contributed by atoms with Crippen LogP contribution >= 0.6 is 35.6 Å². The first-order valence-electron chi connectivity index (χ1n) is 7.18. The van der Waals surface area contributed by atoms with Gasteiger partial charge in [-0.05, 0) is 48.5 Å².